The van der Waals surface area contributed by atoms with Gasteiger partial charge in [-0.1, -0.05) is 30.0 Å². The summed E-state index contributed by atoms with van der Waals surface area (Å²) in [6, 6.07) is 10.6. The minimum Gasteiger partial charge on any atom is -0.485 e. The molecule has 2 aromatic carbocycles. The van der Waals surface area contributed by atoms with Gasteiger partial charge in [-0.2, -0.15) is 0 Å². The summed E-state index contributed by atoms with van der Waals surface area (Å²) in [5, 5.41) is 9.02. The van der Waals surface area contributed by atoms with Crippen molar-refractivity contribution in [2.75, 3.05) is 5.32 Å². The Labute approximate surface area is 164 Å². The lowest BCUT2D eigenvalue weighted by molar-refractivity contribution is -0.115. The zero-order valence-corrected chi connectivity index (χ0v) is 16.0. The van der Waals surface area contributed by atoms with Crippen molar-refractivity contribution in [3.8, 4) is 5.75 Å². The fraction of sp³-hybridized carbons (Fsp3) is 0.211. The van der Waals surface area contributed by atoms with Crippen molar-refractivity contribution in [1.82, 2.24) is 15.2 Å². The van der Waals surface area contributed by atoms with Crippen LogP contribution in [0.1, 0.15) is 18.3 Å². The number of para-hydroxylation sites is 1. The van der Waals surface area contributed by atoms with Crippen molar-refractivity contribution in [2.24, 2.45) is 0 Å². The fourth-order valence-electron chi connectivity index (χ4n) is 2.30. The second kappa shape index (κ2) is 8.83. The maximum atomic E-state index is 13.7. The predicted octanol–water partition coefficient (Wildman–Crippen LogP) is 4.09. The summed E-state index contributed by atoms with van der Waals surface area (Å²) in [5.74, 6) is -0.721. The Morgan fingerprint density at radius 3 is 2.82 bits per heavy atom. The molecule has 0 radical (unpaired) electrons. The maximum Gasteiger partial charge on any atom is 0.237 e. The number of ether oxygens (including phenoxy) is 1. The number of hydrogen-bond acceptors (Lipinski definition) is 5. The average Bonchev–Trinajstić information content (AvgIpc) is 3.10. The number of rotatable bonds is 7. The van der Waals surface area contributed by atoms with Gasteiger partial charge in [-0.05, 0) is 37.6 Å². The van der Waals surface area contributed by atoms with E-state index in [0.717, 1.165) is 29.1 Å². The molecule has 1 heterocycles. The van der Waals surface area contributed by atoms with Gasteiger partial charge in [-0.25, -0.2) is 13.8 Å². The molecule has 0 bridgehead atoms. The molecule has 1 amide bonds. The number of benzene rings is 2. The van der Waals surface area contributed by atoms with E-state index < -0.39 is 22.8 Å². The number of nitrogens with one attached hydrogen (secondary N) is 2. The van der Waals surface area contributed by atoms with Crippen molar-refractivity contribution in [3.05, 3.63) is 65.5 Å². The Morgan fingerprint density at radius 2 is 2.07 bits per heavy atom. The molecule has 3 aromatic rings. The van der Waals surface area contributed by atoms with Crippen molar-refractivity contribution >= 4 is 23.4 Å². The summed E-state index contributed by atoms with van der Waals surface area (Å²) in [6.07, 6.45) is 0. The number of carbonyl (C=O) groups excluding carboxylic acids is 1. The van der Waals surface area contributed by atoms with Gasteiger partial charge in [0.05, 0.1) is 10.9 Å². The van der Waals surface area contributed by atoms with E-state index in [2.05, 4.69) is 20.5 Å². The topological polar surface area (TPSA) is 79.9 Å². The van der Waals surface area contributed by atoms with Crippen LogP contribution in [0.5, 0.6) is 5.75 Å². The van der Waals surface area contributed by atoms with Crippen LogP contribution in [0.15, 0.2) is 47.6 Å². The normalized spacial score (nSPS) is 11.9. The average molecular weight is 404 g/mol. The summed E-state index contributed by atoms with van der Waals surface area (Å²) in [6.45, 7) is 3.79. The number of anilines is 1. The fourth-order valence-corrected chi connectivity index (χ4v) is 3.04. The number of amides is 1. The first-order chi connectivity index (χ1) is 13.4. The molecule has 9 heteroatoms. The molecule has 0 saturated carbocycles. The lowest BCUT2D eigenvalue weighted by atomic mass is 10.2. The molecule has 2 N–H and O–H groups in total. The van der Waals surface area contributed by atoms with Crippen LogP contribution in [0.3, 0.4) is 0 Å². The Morgan fingerprint density at radius 1 is 1.29 bits per heavy atom. The van der Waals surface area contributed by atoms with Crippen LogP contribution in [-0.4, -0.2) is 26.3 Å². The lowest BCUT2D eigenvalue weighted by Gasteiger charge is -2.10. The van der Waals surface area contributed by atoms with E-state index >= 15 is 0 Å². The minimum atomic E-state index is -0.834. The minimum absolute atomic E-state index is 0.0823. The Bertz CT molecular complexity index is 980. The smallest absolute Gasteiger partial charge is 0.237 e. The highest BCUT2D eigenvalue weighted by molar-refractivity contribution is 8.00. The second-order valence-corrected chi connectivity index (χ2v) is 7.30. The third-order valence-corrected chi connectivity index (χ3v) is 4.77. The van der Waals surface area contributed by atoms with E-state index in [1.165, 1.54) is 6.07 Å². The van der Waals surface area contributed by atoms with E-state index in [1.807, 2.05) is 31.2 Å². The van der Waals surface area contributed by atoms with Gasteiger partial charge in [0.15, 0.2) is 5.82 Å². The number of aryl methyl sites for hydroxylation is 1. The zero-order chi connectivity index (χ0) is 20.1. The van der Waals surface area contributed by atoms with E-state index in [9.17, 15) is 13.6 Å². The number of halogens is 2. The van der Waals surface area contributed by atoms with E-state index in [-0.39, 0.29) is 12.3 Å². The molecule has 3 rings (SSSR count). The molecule has 28 heavy (non-hydrogen) atoms. The summed E-state index contributed by atoms with van der Waals surface area (Å²) >= 11 is 1.11. The van der Waals surface area contributed by atoms with Crippen LogP contribution in [0.2, 0.25) is 0 Å². The Hall–Kier alpha value is -2.94. The summed E-state index contributed by atoms with van der Waals surface area (Å²) in [4.78, 5) is 16.5. The number of aromatic nitrogens is 3. The first-order valence-electron chi connectivity index (χ1n) is 8.44. The molecule has 146 valence electrons. The third kappa shape index (κ3) is 5.07. The van der Waals surface area contributed by atoms with Crippen LogP contribution in [0.4, 0.5) is 14.5 Å². The van der Waals surface area contributed by atoms with Crippen LogP contribution in [-0.2, 0) is 11.4 Å². The van der Waals surface area contributed by atoms with Gasteiger partial charge in [-0.3, -0.25) is 9.89 Å². The highest BCUT2D eigenvalue weighted by atomic mass is 32.2. The molecular formula is C19H18F2N4O2S. The zero-order valence-electron chi connectivity index (χ0n) is 15.2. The van der Waals surface area contributed by atoms with Gasteiger partial charge in [0.1, 0.15) is 24.0 Å². The lowest BCUT2D eigenvalue weighted by Crippen LogP contribution is -2.23. The Kier molecular flexibility index (Phi) is 6.25. The molecule has 0 saturated heterocycles. The molecule has 0 aliphatic rings. The van der Waals surface area contributed by atoms with Crippen molar-refractivity contribution in [2.45, 2.75) is 30.9 Å². The highest BCUT2D eigenvalue weighted by Gasteiger charge is 2.19. The van der Waals surface area contributed by atoms with Crippen LogP contribution >= 0.6 is 11.8 Å². The molecule has 1 atom stereocenters. The largest absolute Gasteiger partial charge is 0.485 e. The van der Waals surface area contributed by atoms with Crippen molar-refractivity contribution in [3.63, 3.8) is 0 Å². The van der Waals surface area contributed by atoms with Crippen LogP contribution < -0.4 is 10.1 Å². The first-order valence-corrected chi connectivity index (χ1v) is 9.32. The summed E-state index contributed by atoms with van der Waals surface area (Å²) < 4.78 is 32.3. The standard InChI is InChI=1S/C19H18F2N4O2S/c1-11-5-3-4-6-16(11)27-10-17-23-19(25-24-17)28-12(2)18(26)22-15-8-7-13(20)9-14(15)21/h3-9,12H,10H2,1-2H3,(H,22,26)(H,23,24,25)/t12-/m1/s1. The third-order valence-electron chi connectivity index (χ3n) is 3.81. The number of hydrogen-bond donors (Lipinski definition) is 2. The quantitative estimate of drug-likeness (QED) is 0.580. The van der Waals surface area contributed by atoms with Crippen molar-refractivity contribution in [1.29, 1.82) is 0 Å². The van der Waals surface area contributed by atoms with Gasteiger partial charge in [-0.15, -0.1) is 5.10 Å². The van der Waals surface area contributed by atoms with E-state index in [1.54, 1.807) is 6.92 Å². The number of carbonyl (C=O) groups is 1. The van der Waals surface area contributed by atoms with Gasteiger partial charge < -0.3 is 10.1 Å². The number of aromatic amines is 1. The molecule has 0 fully saturated rings. The van der Waals surface area contributed by atoms with Crippen LogP contribution in [0.25, 0.3) is 0 Å². The predicted molar refractivity (Wildman–Crippen MR) is 102 cm³/mol. The molecule has 1 aromatic heterocycles. The maximum absolute atomic E-state index is 13.7. The van der Waals surface area contributed by atoms with Gasteiger partial charge in [0.25, 0.3) is 0 Å². The number of thioether (sulfide) groups is 1. The molecule has 0 spiro atoms. The summed E-state index contributed by atoms with van der Waals surface area (Å²) in [5.41, 5.74) is 0.927. The molecule has 6 nitrogen and oxygen atoms in total. The SMILES string of the molecule is Cc1ccccc1OCc1nc(S[C@H](C)C(=O)Nc2ccc(F)cc2F)n[nH]1. The van der Waals surface area contributed by atoms with E-state index in [0.29, 0.717) is 17.0 Å². The van der Waals surface area contributed by atoms with Gasteiger partial charge in [0.2, 0.25) is 11.1 Å². The second-order valence-electron chi connectivity index (χ2n) is 5.99. The van der Waals surface area contributed by atoms with Gasteiger partial charge in [0, 0.05) is 6.07 Å². The van der Waals surface area contributed by atoms with E-state index in [4.69, 9.17) is 4.74 Å². The molecule has 0 unspecified atom stereocenters. The molecule has 0 aliphatic heterocycles. The first kappa shape index (κ1) is 19.8. The monoisotopic (exact) mass is 404 g/mol. The highest BCUT2D eigenvalue weighted by Crippen LogP contribution is 2.23. The summed E-state index contributed by atoms with van der Waals surface area (Å²) in [7, 11) is 0. The molecular weight excluding hydrogens is 386 g/mol. The van der Waals surface area contributed by atoms with Crippen LogP contribution in [0, 0.1) is 18.6 Å². The Balaban J connectivity index is 1.55. The number of H-pyrrole nitrogens is 1. The van der Waals surface area contributed by atoms with Crippen molar-refractivity contribution < 1.29 is 18.3 Å². The molecule has 0 aliphatic carbocycles. The van der Waals surface area contributed by atoms with Gasteiger partial charge >= 0.3 is 0 Å². The number of nitrogens with zero attached hydrogens (tertiary/aromatic N) is 2.